The van der Waals surface area contributed by atoms with Gasteiger partial charge in [0.2, 0.25) is 0 Å². The highest BCUT2D eigenvalue weighted by Crippen LogP contribution is 2.27. The van der Waals surface area contributed by atoms with Crippen LogP contribution < -0.4 is 5.32 Å². The number of halogens is 2. The molecule has 0 aliphatic heterocycles. The minimum Gasteiger partial charge on any atom is -0.458 e. The lowest BCUT2D eigenvalue weighted by molar-refractivity contribution is 0.0344. The molecule has 0 saturated carbocycles. The molecule has 0 aliphatic carbocycles. The van der Waals surface area contributed by atoms with Crippen molar-refractivity contribution < 1.29 is 23.1 Å². The summed E-state index contributed by atoms with van der Waals surface area (Å²) in [5, 5.41) is 13.9. The van der Waals surface area contributed by atoms with Gasteiger partial charge in [0.25, 0.3) is 5.91 Å². The van der Waals surface area contributed by atoms with Crippen LogP contribution in [-0.2, 0) is 5.60 Å². The molecule has 4 nitrogen and oxygen atoms in total. The van der Waals surface area contributed by atoms with E-state index in [4.69, 9.17) is 4.42 Å². The first-order valence-corrected chi connectivity index (χ1v) is 7.31. The fourth-order valence-corrected chi connectivity index (χ4v) is 2.33. The first-order chi connectivity index (χ1) is 11.4. The summed E-state index contributed by atoms with van der Waals surface area (Å²) in [5.41, 5.74) is -0.859. The predicted octanol–water partition coefficient (Wildman–Crippen LogP) is 3.35. The Morgan fingerprint density at radius 1 is 1.17 bits per heavy atom. The molecule has 0 saturated heterocycles. The van der Waals surface area contributed by atoms with E-state index in [1.165, 1.54) is 13.0 Å². The second-order valence-corrected chi connectivity index (χ2v) is 5.73. The maximum Gasteiger partial charge on any atom is 0.251 e. The number of amides is 1. The molecule has 0 aliphatic rings. The molecule has 3 aromatic rings. The van der Waals surface area contributed by atoms with Gasteiger partial charge in [-0.3, -0.25) is 4.79 Å². The molecular formula is C18H15F2NO3. The zero-order valence-electron chi connectivity index (χ0n) is 12.8. The van der Waals surface area contributed by atoms with Crippen molar-refractivity contribution in [1.29, 1.82) is 0 Å². The van der Waals surface area contributed by atoms with Gasteiger partial charge in [-0.15, -0.1) is 0 Å². The Morgan fingerprint density at radius 2 is 1.92 bits per heavy atom. The summed E-state index contributed by atoms with van der Waals surface area (Å²) in [7, 11) is 0. The highest BCUT2D eigenvalue weighted by Gasteiger charge is 2.28. The van der Waals surface area contributed by atoms with E-state index in [-0.39, 0.29) is 12.1 Å². The molecule has 0 unspecified atom stereocenters. The average Bonchev–Trinajstić information content (AvgIpc) is 3.00. The maximum absolute atomic E-state index is 13.2. The van der Waals surface area contributed by atoms with E-state index in [1.54, 1.807) is 12.1 Å². The Morgan fingerprint density at radius 3 is 2.62 bits per heavy atom. The van der Waals surface area contributed by atoms with Gasteiger partial charge in [0.1, 0.15) is 16.9 Å². The number of fused-ring (bicyclic) bond motifs is 1. The minimum absolute atomic E-state index is 0.0330. The van der Waals surface area contributed by atoms with Gasteiger partial charge in [-0.05, 0) is 37.3 Å². The van der Waals surface area contributed by atoms with Crippen molar-refractivity contribution in [2.24, 2.45) is 0 Å². The third kappa shape index (κ3) is 3.14. The topological polar surface area (TPSA) is 62.5 Å². The number of aliphatic hydroxyl groups is 1. The Hall–Kier alpha value is -2.73. The van der Waals surface area contributed by atoms with Crippen molar-refractivity contribution in [3.63, 3.8) is 0 Å². The van der Waals surface area contributed by atoms with Crippen molar-refractivity contribution in [3.05, 3.63) is 71.5 Å². The molecule has 6 heteroatoms. The molecular weight excluding hydrogens is 316 g/mol. The van der Waals surface area contributed by atoms with E-state index in [0.717, 1.165) is 17.5 Å². The van der Waals surface area contributed by atoms with Crippen molar-refractivity contribution in [3.8, 4) is 0 Å². The SMILES string of the molecule is C[C@@](O)(CNC(=O)c1ccc(F)c(F)c1)c1cc2ccccc2o1. The molecule has 2 N–H and O–H groups in total. The molecule has 1 aromatic heterocycles. The molecule has 124 valence electrons. The Bertz CT molecular complexity index is 869. The Kier molecular flexibility index (Phi) is 4.07. The number of carbonyl (C=O) groups is 1. The number of furan rings is 1. The molecule has 0 bridgehead atoms. The smallest absolute Gasteiger partial charge is 0.251 e. The maximum atomic E-state index is 13.2. The molecule has 0 radical (unpaired) electrons. The number of benzene rings is 2. The first-order valence-electron chi connectivity index (χ1n) is 7.31. The molecule has 1 heterocycles. The summed E-state index contributed by atoms with van der Waals surface area (Å²) in [5.74, 6) is -2.45. The van der Waals surface area contributed by atoms with Crippen LogP contribution in [0.25, 0.3) is 11.0 Å². The standard InChI is InChI=1S/C18H15F2NO3/c1-18(23,16-9-11-4-2-3-5-15(11)24-16)10-21-17(22)12-6-7-13(19)14(20)8-12/h2-9,23H,10H2,1H3,(H,21,22)/t18-/m1/s1. The van der Waals surface area contributed by atoms with Crippen LogP contribution in [0.5, 0.6) is 0 Å². The van der Waals surface area contributed by atoms with Gasteiger partial charge in [-0.25, -0.2) is 8.78 Å². The van der Waals surface area contributed by atoms with Gasteiger partial charge < -0.3 is 14.8 Å². The van der Waals surface area contributed by atoms with Crippen LogP contribution >= 0.6 is 0 Å². The third-order valence-corrected chi connectivity index (χ3v) is 3.73. The van der Waals surface area contributed by atoms with Crippen molar-refractivity contribution in [2.75, 3.05) is 6.54 Å². The van der Waals surface area contributed by atoms with Gasteiger partial charge in [0.15, 0.2) is 11.6 Å². The number of para-hydroxylation sites is 1. The summed E-state index contributed by atoms with van der Waals surface area (Å²) in [4.78, 5) is 12.0. The lowest BCUT2D eigenvalue weighted by Gasteiger charge is -2.21. The second-order valence-electron chi connectivity index (χ2n) is 5.73. The number of carbonyl (C=O) groups excluding carboxylic acids is 1. The molecule has 0 spiro atoms. The molecule has 1 atom stereocenters. The van der Waals surface area contributed by atoms with Crippen LogP contribution in [0.15, 0.2) is 52.9 Å². The number of nitrogens with one attached hydrogen (secondary N) is 1. The number of hydrogen-bond donors (Lipinski definition) is 2. The summed E-state index contributed by atoms with van der Waals surface area (Å²) < 4.78 is 31.7. The van der Waals surface area contributed by atoms with Crippen LogP contribution in [0.3, 0.4) is 0 Å². The minimum atomic E-state index is -1.45. The monoisotopic (exact) mass is 331 g/mol. The van der Waals surface area contributed by atoms with Crippen LogP contribution in [0, 0.1) is 11.6 Å². The van der Waals surface area contributed by atoms with E-state index in [9.17, 15) is 18.7 Å². The van der Waals surface area contributed by atoms with Gasteiger partial charge in [0, 0.05) is 10.9 Å². The van der Waals surface area contributed by atoms with Crippen molar-refractivity contribution in [2.45, 2.75) is 12.5 Å². The summed E-state index contributed by atoms with van der Waals surface area (Å²) in [6, 6.07) is 11.8. The van der Waals surface area contributed by atoms with Gasteiger partial charge >= 0.3 is 0 Å². The normalized spacial score (nSPS) is 13.7. The molecule has 24 heavy (non-hydrogen) atoms. The summed E-state index contributed by atoms with van der Waals surface area (Å²) >= 11 is 0. The van der Waals surface area contributed by atoms with Gasteiger partial charge in [-0.1, -0.05) is 18.2 Å². The van der Waals surface area contributed by atoms with E-state index < -0.39 is 23.1 Å². The zero-order valence-corrected chi connectivity index (χ0v) is 12.8. The van der Waals surface area contributed by atoms with Crippen molar-refractivity contribution >= 4 is 16.9 Å². The third-order valence-electron chi connectivity index (χ3n) is 3.73. The number of rotatable bonds is 4. The van der Waals surface area contributed by atoms with Crippen LogP contribution in [0.4, 0.5) is 8.78 Å². The Labute approximate surface area is 136 Å². The lowest BCUT2D eigenvalue weighted by Crippen LogP contribution is -2.38. The van der Waals surface area contributed by atoms with Gasteiger partial charge in [0.05, 0.1) is 6.54 Å². The lowest BCUT2D eigenvalue weighted by atomic mass is 10.0. The Balaban J connectivity index is 1.74. The molecule has 1 amide bonds. The van der Waals surface area contributed by atoms with E-state index in [1.807, 2.05) is 18.2 Å². The fraction of sp³-hybridized carbons (Fsp3) is 0.167. The zero-order chi connectivity index (χ0) is 17.3. The van der Waals surface area contributed by atoms with Crippen LogP contribution in [0.1, 0.15) is 23.0 Å². The van der Waals surface area contributed by atoms with Crippen molar-refractivity contribution in [1.82, 2.24) is 5.32 Å². The van der Waals surface area contributed by atoms with Crippen LogP contribution in [0.2, 0.25) is 0 Å². The molecule has 0 fully saturated rings. The van der Waals surface area contributed by atoms with Gasteiger partial charge in [-0.2, -0.15) is 0 Å². The summed E-state index contributed by atoms with van der Waals surface area (Å²) in [6.07, 6.45) is 0. The molecule has 2 aromatic carbocycles. The average molecular weight is 331 g/mol. The van der Waals surface area contributed by atoms with E-state index >= 15 is 0 Å². The highest BCUT2D eigenvalue weighted by atomic mass is 19.2. The summed E-state index contributed by atoms with van der Waals surface area (Å²) in [6.45, 7) is 1.35. The largest absolute Gasteiger partial charge is 0.458 e. The second kappa shape index (κ2) is 6.05. The first kappa shape index (κ1) is 16.1. The number of hydrogen-bond acceptors (Lipinski definition) is 3. The predicted molar refractivity (Wildman–Crippen MR) is 84.5 cm³/mol. The highest BCUT2D eigenvalue weighted by molar-refractivity contribution is 5.94. The van der Waals surface area contributed by atoms with Crippen LogP contribution in [-0.4, -0.2) is 17.6 Å². The quantitative estimate of drug-likeness (QED) is 0.771. The van der Waals surface area contributed by atoms with E-state index in [2.05, 4.69) is 5.32 Å². The van der Waals surface area contributed by atoms with E-state index in [0.29, 0.717) is 11.3 Å². The molecule has 3 rings (SSSR count). The fourth-order valence-electron chi connectivity index (χ4n) is 2.33.